The zero-order valence-corrected chi connectivity index (χ0v) is 19.9. The molecule has 0 aliphatic carbocycles. The van der Waals surface area contributed by atoms with Crippen LogP contribution >= 0.6 is 0 Å². The normalized spacial score (nSPS) is 29.8. The Hall–Kier alpha value is -0.770. The number of benzene rings is 1. The van der Waals surface area contributed by atoms with Gasteiger partial charge >= 0.3 is 0 Å². The van der Waals surface area contributed by atoms with E-state index in [0.29, 0.717) is 23.4 Å². The highest BCUT2D eigenvalue weighted by Crippen LogP contribution is 2.43. The highest BCUT2D eigenvalue weighted by atomic mass is 127. The molecule has 0 saturated carbocycles. The van der Waals surface area contributed by atoms with E-state index in [1.165, 1.54) is 19.6 Å². The van der Waals surface area contributed by atoms with Crippen LogP contribution in [0.15, 0.2) is 12.1 Å². The number of likely N-dealkylation sites (tertiary alicyclic amines) is 1. The molecule has 2 aliphatic heterocycles. The minimum atomic E-state index is -0.127. The lowest BCUT2D eigenvalue weighted by atomic mass is 10.0. The summed E-state index contributed by atoms with van der Waals surface area (Å²) in [7, 11) is 7.22. The molecule has 2 aliphatic rings. The van der Waals surface area contributed by atoms with E-state index in [2.05, 4.69) is 14.0 Å². The largest absolute Gasteiger partial charge is 1.00 e. The standard InChI is InChI=1S/C21H34NO5.HI/c1-6-22(2)11-9-16(10-12-22)26-20-8-7-17(27-20)15-13-18(23-3)21(25-5)19(14-15)24-4;/h13-14,16-17,20H,6-12H2,1-5H3;1H/q+1;/p-1. The van der Waals surface area contributed by atoms with Gasteiger partial charge < -0.3 is 52.1 Å². The van der Waals surface area contributed by atoms with E-state index in [-0.39, 0.29) is 36.4 Å². The molecule has 28 heavy (non-hydrogen) atoms. The minimum absolute atomic E-state index is 0. The number of quaternary nitrogens is 1. The van der Waals surface area contributed by atoms with Gasteiger partial charge in [0, 0.05) is 19.3 Å². The monoisotopic (exact) mass is 507 g/mol. The van der Waals surface area contributed by atoms with Crippen LogP contribution in [0.5, 0.6) is 17.2 Å². The molecule has 2 atom stereocenters. The number of hydrogen-bond donors (Lipinski definition) is 0. The molecule has 3 rings (SSSR count). The fraction of sp³-hybridized carbons (Fsp3) is 0.714. The lowest BCUT2D eigenvalue weighted by Crippen LogP contribution is -3.00. The number of hydrogen-bond acceptors (Lipinski definition) is 5. The van der Waals surface area contributed by atoms with Gasteiger partial charge in [-0.05, 0) is 31.0 Å². The first-order chi connectivity index (χ1) is 13.0. The maximum absolute atomic E-state index is 6.28. The molecule has 0 radical (unpaired) electrons. The van der Waals surface area contributed by atoms with Crippen LogP contribution in [0.2, 0.25) is 0 Å². The van der Waals surface area contributed by atoms with Crippen LogP contribution in [0, 0.1) is 0 Å². The Morgan fingerprint density at radius 1 is 0.964 bits per heavy atom. The molecule has 2 unspecified atom stereocenters. The fourth-order valence-corrected chi connectivity index (χ4v) is 4.07. The van der Waals surface area contributed by atoms with E-state index in [1.807, 2.05) is 12.1 Å². The summed E-state index contributed by atoms with van der Waals surface area (Å²) in [6.45, 7) is 5.83. The Labute approximate surface area is 186 Å². The van der Waals surface area contributed by atoms with E-state index in [9.17, 15) is 0 Å². The Bertz CT molecular complexity index is 608. The highest BCUT2D eigenvalue weighted by molar-refractivity contribution is 5.54. The van der Waals surface area contributed by atoms with Crippen molar-refractivity contribution in [1.29, 1.82) is 0 Å². The molecule has 2 saturated heterocycles. The molecule has 2 fully saturated rings. The predicted octanol–water partition coefficient (Wildman–Crippen LogP) is 0.540. The first-order valence-corrected chi connectivity index (χ1v) is 9.96. The molecular weight excluding hydrogens is 473 g/mol. The zero-order valence-electron chi connectivity index (χ0n) is 17.7. The van der Waals surface area contributed by atoms with Crippen molar-refractivity contribution in [2.75, 3.05) is 48.0 Å². The summed E-state index contributed by atoms with van der Waals surface area (Å²) in [5, 5.41) is 0. The summed E-state index contributed by atoms with van der Waals surface area (Å²) in [5.74, 6) is 1.92. The predicted molar refractivity (Wildman–Crippen MR) is 104 cm³/mol. The topological polar surface area (TPSA) is 46.2 Å². The maximum Gasteiger partial charge on any atom is 0.203 e. The average molecular weight is 507 g/mol. The number of rotatable bonds is 7. The summed E-state index contributed by atoms with van der Waals surface area (Å²) in [5.41, 5.74) is 1.04. The summed E-state index contributed by atoms with van der Waals surface area (Å²) in [6.07, 6.45) is 4.24. The van der Waals surface area contributed by atoms with Gasteiger partial charge in [-0.1, -0.05) is 0 Å². The van der Waals surface area contributed by atoms with Gasteiger partial charge in [-0.15, -0.1) is 0 Å². The van der Waals surface area contributed by atoms with Crippen LogP contribution in [0.3, 0.4) is 0 Å². The van der Waals surface area contributed by atoms with E-state index in [0.717, 1.165) is 35.7 Å². The van der Waals surface area contributed by atoms with Crippen molar-refractivity contribution in [3.8, 4) is 17.2 Å². The van der Waals surface area contributed by atoms with Crippen molar-refractivity contribution in [3.05, 3.63) is 17.7 Å². The summed E-state index contributed by atoms with van der Waals surface area (Å²) in [4.78, 5) is 0. The van der Waals surface area contributed by atoms with Gasteiger partial charge in [0.05, 0.1) is 60.2 Å². The van der Waals surface area contributed by atoms with Gasteiger partial charge in [-0.25, -0.2) is 0 Å². The van der Waals surface area contributed by atoms with E-state index < -0.39 is 0 Å². The molecule has 0 bridgehead atoms. The van der Waals surface area contributed by atoms with Crippen LogP contribution < -0.4 is 38.2 Å². The molecule has 0 amide bonds. The lowest BCUT2D eigenvalue weighted by Gasteiger charge is -2.40. The summed E-state index contributed by atoms with van der Waals surface area (Å²) in [6, 6.07) is 3.94. The van der Waals surface area contributed by atoms with Gasteiger partial charge in [-0.3, -0.25) is 0 Å². The minimum Gasteiger partial charge on any atom is -1.00 e. The number of nitrogens with zero attached hydrogens (tertiary/aromatic N) is 1. The Kier molecular flexibility index (Phi) is 8.66. The van der Waals surface area contributed by atoms with Crippen LogP contribution in [0.25, 0.3) is 0 Å². The van der Waals surface area contributed by atoms with Gasteiger partial charge in [0.1, 0.15) is 0 Å². The third-order valence-corrected chi connectivity index (χ3v) is 6.13. The van der Waals surface area contributed by atoms with Gasteiger partial charge in [0.15, 0.2) is 17.8 Å². The first-order valence-electron chi connectivity index (χ1n) is 9.96. The van der Waals surface area contributed by atoms with Gasteiger partial charge in [-0.2, -0.15) is 0 Å². The quantitative estimate of drug-likeness (QED) is 0.399. The Morgan fingerprint density at radius 2 is 1.57 bits per heavy atom. The second-order valence-electron chi connectivity index (χ2n) is 7.81. The Morgan fingerprint density at radius 3 is 2.07 bits per heavy atom. The summed E-state index contributed by atoms with van der Waals surface area (Å²) >= 11 is 0. The fourth-order valence-electron chi connectivity index (χ4n) is 4.07. The van der Waals surface area contributed by atoms with Crippen molar-refractivity contribution in [3.63, 3.8) is 0 Å². The first kappa shape index (κ1) is 23.5. The van der Waals surface area contributed by atoms with Crippen LogP contribution in [0.4, 0.5) is 0 Å². The molecule has 0 aromatic heterocycles. The highest BCUT2D eigenvalue weighted by Gasteiger charge is 2.34. The third-order valence-electron chi connectivity index (χ3n) is 6.13. The SMILES string of the molecule is CC[N+]1(C)CCC(OC2CCC(c3cc(OC)c(OC)c(OC)c3)O2)CC1.[I-]. The molecule has 7 heteroatoms. The molecule has 160 valence electrons. The van der Waals surface area contributed by atoms with Crippen molar-refractivity contribution in [2.45, 2.75) is 51.1 Å². The van der Waals surface area contributed by atoms with Crippen molar-refractivity contribution in [1.82, 2.24) is 0 Å². The molecular formula is C21H34INO5. The maximum atomic E-state index is 6.28. The molecule has 0 N–H and O–H groups in total. The van der Waals surface area contributed by atoms with E-state index >= 15 is 0 Å². The number of ether oxygens (including phenoxy) is 5. The lowest BCUT2D eigenvalue weighted by molar-refractivity contribution is -0.913. The molecule has 0 spiro atoms. The van der Waals surface area contributed by atoms with Crippen molar-refractivity contribution >= 4 is 0 Å². The number of halogens is 1. The Balaban J connectivity index is 0.00000280. The van der Waals surface area contributed by atoms with Gasteiger partial charge in [0.25, 0.3) is 0 Å². The average Bonchev–Trinajstić information content (AvgIpc) is 3.17. The zero-order chi connectivity index (χ0) is 19.4. The van der Waals surface area contributed by atoms with Crippen molar-refractivity contribution in [2.24, 2.45) is 0 Å². The number of piperidine rings is 1. The van der Waals surface area contributed by atoms with E-state index in [1.54, 1.807) is 21.3 Å². The van der Waals surface area contributed by atoms with Crippen molar-refractivity contribution < 1.29 is 52.1 Å². The second kappa shape index (κ2) is 10.3. The molecule has 2 heterocycles. The summed E-state index contributed by atoms with van der Waals surface area (Å²) < 4.78 is 30.0. The molecule has 1 aromatic rings. The smallest absolute Gasteiger partial charge is 0.203 e. The molecule has 6 nitrogen and oxygen atoms in total. The molecule has 1 aromatic carbocycles. The second-order valence-corrected chi connectivity index (χ2v) is 7.81. The van der Waals surface area contributed by atoms with Crippen LogP contribution in [-0.2, 0) is 9.47 Å². The number of methoxy groups -OCH3 is 3. The van der Waals surface area contributed by atoms with Gasteiger partial charge in [0.2, 0.25) is 5.75 Å². The van der Waals surface area contributed by atoms with E-state index in [4.69, 9.17) is 23.7 Å². The third kappa shape index (κ3) is 5.23. The van der Waals surface area contributed by atoms with Crippen LogP contribution in [-0.4, -0.2) is 64.9 Å². The van der Waals surface area contributed by atoms with Crippen LogP contribution in [0.1, 0.15) is 44.3 Å².